The lowest BCUT2D eigenvalue weighted by Gasteiger charge is -2.43. The smallest absolute Gasteiger partial charge is 0.245 e. The highest BCUT2D eigenvalue weighted by molar-refractivity contribution is 7.89. The van der Waals surface area contributed by atoms with Crippen molar-refractivity contribution in [2.45, 2.75) is 49.2 Å². The Morgan fingerprint density at radius 3 is 2.60 bits per heavy atom. The van der Waals surface area contributed by atoms with Crippen molar-refractivity contribution in [3.63, 3.8) is 0 Å². The summed E-state index contributed by atoms with van der Waals surface area (Å²) < 4.78 is 27.6. The number of nitrogens with one attached hydrogen (secondary N) is 2. The fraction of sp³-hybridized carbons (Fsp3) is 0.500. The fourth-order valence-electron chi connectivity index (χ4n) is 3.29. The molecule has 136 valence electrons. The van der Waals surface area contributed by atoms with Crippen molar-refractivity contribution in [1.29, 1.82) is 0 Å². The minimum Gasteiger partial charge on any atom is -0.343 e. The molecular formula is C16H20ClN3O4S. The van der Waals surface area contributed by atoms with E-state index in [2.05, 4.69) is 10.0 Å². The van der Waals surface area contributed by atoms with Gasteiger partial charge in [-0.2, -0.15) is 0 Å². The third kappa shape index (κ3) is 3.65. The fourth-order valence-corrected chi connectivity index (χ4v) is 4.70. The Morgan fingerprint density at radius 2 is 1.96 bits per heavy atom. The molecule has 7 nitrogen and oxygen atoms in total. The highest BCUT2D eigenvalue weighted by Gasteiger charge is 2.43. The number of halogens is 1. The molecule has 2 saturated heterocycles. The van der Waals surface area contributed by atoms with Gasteiger partial charge in [0.05, 0.1) is 4.90 Å². The number of carbonyl (C=O) groups is 2. The molecular weight excluding hydrogens is 366 g/mol. The zero-order chi connectivity index (χ0) is 18.2. The summed E-state index contributed by atoms with van der Waals surface area (Å²) in [7, 11) is -3.70. The van der Waals surface area contributed by atoms with E-state index in [0.717, 1.165) is 0 Å². The highest BCUT2D eigenvalue weighted by atomic mass is 35.5. The number of rotatable bonds is 4. The quantitative estimate of drug-likeness (QED) is 0.804. The van der Waals surface area contributed by atoms with Crippen molar-refractivity contribution >= 4 is 33.4 Å². The first kappa shape index (κ1) is 18.2. The van der Waals surface area contributed by atoms with Crippen LogP contribution in [-0.4, -0.2) is 49.8 Å². The van der Waals surface area contributed by atoms with E-state index in [4.69, 9.17) is 11.6 Å². The van der Waals surface area contributed by atoms with Crippen LogP contribution >= 0.6 is 11.6 Å². The number of amides is 2. The van der Waals surface area contributed by atoms with Gasteiger partial charge in [0.25, 0.3) is 0 Å². The predicted molar refractivity (Wildman–Crippen MR) is 92.5 cm³/mol. The van der Waals surface area contributed by atoms with Crippen molar-refractivity contribution in [2.24, 2.45) is 0 Å². The number of fused-ring (bicyclic) bond motifs is 1. The first-order chi connectivity index (χ1) is 11.8. The lowest BCUT2D eigenvalue weighted by Crippen LogP contribution is -2.66. The zero-order valence-corrected chi connectivity index (χ0v) is 15.3. The van der Waals surface area contributed by atoms with E-state index in [1.165, 1.54) is 24.3 Å². The summed E-state index contributed by atoms with van der Waals surface area (Å²) in [6, 6.07) is 4.38. The first-order valence-corrected chi connectivity index (χ1v) is 10.1. The summed E-state index contributed by atoms with van der Waals surface area (Å²) in [6.45, 7) is 2.21. The Kier molecular flexibility index (Phi) is 5.04. The molecule has 3 atom stereocenters. The van der Waals surface area contributed by atoms with Gasteiger partial charge in [0, 0.05) is 17.6 Å². The lowest BCUT2D eigenvalue weighted by molar-refractivity contribution is -0.151. The van der Waals surface area contributed by atoms with Crippen LogP contribution in [0.25, 0.3) is 0 Å². The molecule has 2 aliphatic rings. The van der Waals surface area contributed by atoms with Gasteiger partial charge in [-0.25, -0.2) is 13.1 Å². The number of piperazine rings is 1. The minimum absolute atomic E-state index is 0.0916. The van der Waals surface area contributed by atoms with Gasteiger partial charge in [-0.05, 0) is 43.5 Å². The maximum absolute atomic E-state index is 12.5. The standard InChI is InChI=1S/C16H20ClN3O4S/c1-2-13-16(22)20-8-7-11(9-14(20)15(21)18-13)19-25(23,24)12-5-3-10(17)4-6-12/h3-6,11,13-14,19H,2,7-9H2,1H3,(H,18,21). The number of hydrogen-bond donors (Lipinski definition) is 2. The summed E-state index contributed by atoms with van der Waals surface area (Å²) in [5, 5.41) is 3.17. The van der Waals surface area contributed by atoms with Crippen molar-refractivity contribution in [3.05, 3.63) is 29.3 Å². The molecule has 0 saturated carbocycles. The monoisotopic (exact) mass is 385 g/mol. The summed E-state index contributed by atoms with van der Waals surface area (Å²) >= 11 is 5.79. The van der Waals surface area contributed by atoms with Gasteiger partial charge in [0.15, 0.2) is 0 Å². The van der Waals surface area contributed by atoms with E-state index in [-0.39, 0.29) is 23.1 Å². The van der Waals surface area contributed by atoms with Crippen LogP contribution in [0.2, 0.25) is 5.02 Å². The van der Waals surface area contributed by atoms with Crippen molar-refractivity contribution in [1.82, 2.24) is 14.9 Å². The molecule has 0 aromatic heterocycles. The van der Waals surface area contributed by atoms with Crippen LogP contribution in [0.4, 0.5) is 0 Å². The average Bonchev–Trinajstić information content (AvgIpc) is 2.58. The Morgan fingerprint density at radius 1 is 1.28 bits per heavy atom. The van der Waals surface area contributed by atoms with Crippen LogP contribution in [0.5, 0.6) is 0 Å². The van der Waals surface area contributed by atoms with E-state index < -0.39 is 28.1 Å². The van der Waals surface area contributed by atoms with Crippen molar-refractivity contribution in [2.75, 3.05) is 6.54 Å². The number of hydrogen-bond acceptors (Lipinski definition) is 4. The van der Waals surface area contributed by atoms with Gasteiger partial charge in [0.2, 0.25) is 21.8 Å². The molecule has 1 aromatic carbocycles. The van der Waals surface area contributed by atoms with E-state index in [1.54, 1.807) is 4.90 Å². The molecule has 25 heavy (non-hydrogen) atoms. The number of nitrogens with zero attached hydrogens (tertiary/aromatic N) is 1. The maximum Gasteiger partial charge on any atom is 0.245 e. The topological polar surface area (TPSA) is 95.6 Å². The van der Waals surface area contributed by atoms with Crippen LogP contribution in [0.3, 0.4) is 0 Å². The van der Waals surface area contributed by atoms with Crippen LogP contribution in [0.15, 0.2) is 29.2 Å². The van der Waals surface area contributed by atoms with Crippen molar-refractivity contribution in [3.8, 4) is 0 Å². The molecule has 2 N–H and O–H groups in total. The largest absolute Gasteiger partial charge is 0.343 e. The average molecular weight is 386 g/mol. The van der Waals surface area contributed by atoms with Crippen LogP contribution in [0.1, 0.15) is 26.2 Å². The van der Waals surface area contributed by atoms with Crippen molar-refractivity contribution < 1.29 is 18.0 Å². The molecule has 2 fully saturated rings. The molecule has 0 spiro atoms. The second kappa shape index (κ2) is 6.93. The van der Waals surface area contributed by atoms with Gasteiger partial charge in [-0.1, -0.05) is 18.5 Å². The Hall–Kier alpha value is -1.64. The predicted octanol–water partition coefficient (Wildman–Crippen LogP) is 0.886. The lowest BCUT2D eigenvalue weighted by atomic mass is 9.93. The second-order valence-electron chi connectivity index (χ2n) is 6.31. The van der Waals surface area contributed by atoms with Gasteiger partial charge >= 0.3 is 0 Å². The summed E-state index contributed by atoms with van der Waals surface area (Å²) in [4.78, 5) is 26.3. The van der Waals surface area contributed by atoms with E-state index in [0.29, 0.717) is 24.4 Å². The minimum atomic E-state index is -3.70. The Labute approximate surface area is 151 Å². The Balaban J connectivity index is 1.71. The molecule has 2 heterocycles. The first-order valence-electron chi connectivity index (χ1n) is 8.20. The highest BCUT2D eigenvalue weighted by Crippen LogP contribution is 2.24. The van der Waals surface area contributed by atoms with Gasteiger partial charge in [-0.15, -0.1) is 0 Å². The molecule has 0 bridgehead atoms. The molecule has 2 aliphatic heterocycles. The van der Waals surface area contributed by atoms with E-state index in [1.807, 2.05) is 6.92 Å². The molecule has 2 amide bonds. The molecule has 3 rings (SSSR count). The Bertz CT molecular complexity index is 781. The van der Waals surface area contributed by atoms with Crippen LogP contribution in [-0.2, 0) is 19.6 Å². The molecule has 1 aromatic rings. The molecule has 9 heteroatoms. The number of sulfonamides is 1. The molecule has 0 aliphatic carbocycles. The molecule has 0 radical (unpaired) electrons. The number of benzene rings is 1. The van der Waals surface area contributed by atoms with E-state index in [9.17, 15) is 18.0 Å². The molecule has 3 unspecified atom stereocenters. The SMILES string of the molecule is CCC1NC(=O)C2CC(NS(=O)(=O)c3ccc(Cl)cc3)CCN2C1=O. The normalized spacial score (nSPS) is 27.0. The van der Waals surface area contributed by atoms with Gasteiger partial charge in [-0.3, -0.25) is 9.59 Å². The van der Waals surface area contributed by atoms with Gasteiger partial charge < -0.3 is 10.2 Å². The van der Waals surface area contributed by atoms with Crippen LogP contribution in [0, 0.1) is 0 Å². The second-order valence-corrected chi connectivity index (χ2v) is 8.46. The summed E-state index contributed by atoms with van der Waals surface area (Å²) in [5.41, 5.74) is 0. The zero-order valence-electron chi connectivity index (χ0n) is 13.7. The summed E-state index contributed by atoms with van der Waals surface area (Å²) in [5.74, 6) is -0.312. The van der Waals surface area contributed by atoms with Crippen LogP contribution < -0.4 is 10.0 Å². The number of piperidine rings is 1. The van der Waals surface area contributed by atoms with E-state index >= 15 is 0 Å². The maximum atomic E-state index is 12.5. The third-order valence-electron chi connectivity index (χ3n) is 4.66. The third-order valence-corrected chi connectivity index (χ3v) is 6.45. The summed E-state index contributed by atoms with van der Waals surface area (Å²) in [6.07, 6.45) is 1.28. The van der Waals surface area contributed by atoms with Gasteiger partial charge in [0.1, 0.15) is 12.1 Å². The number of carbonyl (C=O) groups excluding carboxylic acids is 2.